The zero-order chi connectivity index (χ0) is 49.0. The normalized spacial score (nSPS) is 15.5. The number of aliphatic hydroxyl groups is 1. The van der Waals surface area contributed by atoms with Gasteiger partial charge in [-0.05, 0) is 49.4 Å². The van der Waals surface area contributed by atoms with Gasteiger partial charge in [0, 0.05) is 47.8 Å². The lowest BCUT2D eigenvalue weighted by Crippen LogP contribution is -2.52. The van der Waals surface area contributed by atoms with Crippen LogP contribution in [0.5, 0.6) is 0 Å². The monoisotopic (exact) mass is 937 g/mol. The molecular formula is C50H60FN7O10. The number of rotatable bonds is 24. The zero-order valence-corrected chi connectivity index (χ0v) is 38.8. The van der Waals surface area contributed by atoms with E-state index in [-0.39, 0.29) is 72.9 Å². The highest BCUT2D eigenvalue weighted by Crippen LogP contribution is 2.40. The number of Topliss-reactive ketones (excluding diaryl/α,β-unsaturated/α-hetero) is 1. The standard InChI is InChI=1S/C50H60FN7O10/c1-4-6-7-8-12-19-50(67)35-23-40-46-33(28-58(40)48(65)34(35)29-68-49(50)66)21-32-22-38(36(51)24-37(32)57-46)55-45(63)27-54-47(64)39(20-31-15-10-9-11-16-31)56-44(62)26-53-43(61)25-52-42(60)18-13-17-41(59)30(3)14-5-2/h9-11,15-16,21-24,30,39,67H,4-8,12-14,17-20,25-29H2,1-3H3,(H,52,60)(H,53,61)(H,54,64)(H,55,63)(H,56,62)/t30?,39-,50-/m0/s1. The first-order valence-corrected chi connectivity index (χ1v) is 23.4. The maximum absolute atomic E-state index is 15.6. The lowest BCUT2D eigenvalue weighted by Gasteiger charge is -2.32. The van der Waals surface area contributed by atoms with Crippen molar-refractivity contribution in [2.45, 2.75) is 123 Å². The summed E-state index contributed by atoms with van der Waals surface area (Å²) in [4.78, 5) is 108. The number of carbonyl (C=O) groups excluding carboxylic acids is 7. The molecule has 0 radical (unpaired) electrons. The second kappa shape index (κ2) is 23.3. The van der Waals surface area contributed by atoms with Crippen molar-refractivity contribution >= 4 is 57.9 Å². The molecule has 6 N–H and O–H groups in total. The van der Waals surface area contributed by atoms with Gasteiger partial charge in [0.2, 0.25) is 29.5 Å². The average molecular weight is 938 g/mol. The fourth-order valence-electron chi connectivity index (χ4n) is 8.55. The molecule has 2 aliphatic rings. The van der Waals surface area contributed by atoms with Gasteiger partial charge in [0.25, 0.3) is 5.56 Å². The van der Waals surface area contributed by atoms with Gasteiger partial charge in [-0.2, -0.15) is 0 Å². The van der Waals surface area contributed by atoms with E-state index in [1.165, 1.54) is 10.6 Å². The second-order valence-electron chi connectivity index (χ2n) is 17.6. The number of halogens is 1. The number of amides is 5. The average Bonchev–Trinajstić information content (AvgIpc) is 3.67. The number of esters is 1. The Kier molecular flexibility index (Phi) is 17.3. The van der Waals surface area contributed by atoms with Gasteiger partial charge in [0.15, 0.2) is 5.60 Å². The molecule has 0 fully saturated rings. The quantitative estimate of drug-likeness (QED) is 0.0375. The van der Waals surface area contributed by atoms with Crippen molar-refractivity contribution in [3.63, 3.8) is 0 Å². The van der Waals surface area contributed by atoms with Crippen LogP contribution in [0.3, 0.4) is 0 Å². The van der Waals surface area contributed by atoms with E-state index in [0.717, 1.165) is 44.6 Å². The maximum atomic E-state index is 15.6. The van der Waals surface area contributed by atoms with Gasteiger partial charge < -0.3 is 41.0 Å². The maximum Gasteiger partial charge on any atom is 0.343 e. The first kappa shape index (κ1) is 50.6. The third-order valence-electron chi connectivity index (χ3n) is 12.3. The number of carbonyl (C=O) groups is 7. The van der Waals surface area contributed by atoms with Gasteiger partial charge >= 0.3 is 5.97 Å². The van der Waals surface area contributed by atoms with Crippen molar-refractivity contribution in [3.8, 4) is 11.4 Å². The Labute approximate surface area is 393 Å². The van der Waals surface area contributed by atoms with Crippen LogP contribution >= 0.6 is 0 Å². The van der Waals surface area contributed by atoms with E-state index in [9.17, 15) is 43.5 Å². The molecule has 18 heteroatoms. The van der Waals surface area contributed by atoms with E-state index in [4.69, 9.17) is 4.74 Å². The summed E-state index contributed by atoms with van der Waals surface area (Å²) < 4.78 is 22.4. The van der Waals surface area contributed by atoms with Crippen molar-refractivity contribution in [2.24, 2.45) is 5.92 Å². The molecule has 68 heavy (non-hydrogen) atoms. The van der Waals surface area contributed by atoms with Crippen molar-refractivity contribution in [1.82, 2.24) is 30.8 Å². The first-order valence-electron chi connectivity index (χ1n) is 23.4. The molecule has 0 spiro atoms. The molecular weight excluding hydrogens is 878 g/mol. The minimum absolute atomic E-state index is 0.0326. The van der Waals surface area contributed by atoms with Crippen molar-refractivity contribution in [1.29, 1.82) is 0 Å². The summed E-state index contributed by atoms with van der Waals surface area (Å²) in [5, 5.41) is 24.5. The third kappa shape index (κ3) is 12.6. The third-order valence-corrected chi connectivity index (χ3v) is 12.3. The Balaban J connectivity index is 1.05. The number of hydrogen-bond acceptors (Lipinski definition) is 11. The smallest absolute Gasteiger partial charge is 0.343 e. The number of aromatic nitrogens is 2. The molecule has 4 aromatic rings. The molecule has 362 valence electrons. The van der Waals surface area contributed by atoms with Gasteiger partial charge in [-0.3, -0.25) is 33.6 Å². The summed E-state index contributed by atoms with van der Waals surface area (Å²) in [5.41, 5.74) is 0.0485. The van der Waals surface area contributed by atoms with E-state index >= 15 is 4.39 Å². The van der Waals surface area contributed by atoms with E-state index in [1.54, 1.807) is 42.5 Å². The van der Waals surface area contributed by atoms with Gasteiger partial charge in [0.05, 0.1) is 54.3 Å². The Morgan fingerprint density at radius 3 is 2.31 bits per heavy atom. The predicted molar refractivity (Wildman–Crippen MR) is 250 cm³/mol. The Morgan fingerprint density at radius 1 is 0.838 bits per heavy atom. The highest BCUT2D eigenvalue weighted by molar-refractivity contribution is 5.98. The highest BCUT2D eigenvalue weighted by atomic mass is 19.1. The summed E-state index contributed by atoms with van der Waals surface area (Å²) >= 11 is 0. The number of nitrogens with zero attached hydrogens (tertiary/aromatic N) is 2. The van der Waals surface area contributed by atoms with E-state index in [1.807, 2.05) is 13.8 Å². The molecule has 3 atom stereocenters. The number of unbranched alkanes of at least 4 members (excludes halogenated alkanes) is 4. The molecule has 6 rings (SSSR count). The Hall–Kier alpha value is -6.82. The summed E-state index contributed by atoms with van der Waals surface area (Å²) in [6, 6.07) is 13.4. The minimum Gasteiger partial charge on any atom is -0.458 e. The summed E-state index contributed by atoms with van der Waals surface area (Å²) in [6.45, 7) is 4.29. The van der Waals surface area contributed by atoms with Crippen LogP contribution < -0.4 is 32.1 Å². The molecule has 4 heterocycles. The van der Waals surface area contributed by atoms with Crippen LogP contribution in [0.2, 0.25) is 0 Å². The van der Waals surface area contributed by atoms with E-state index in [2.05, 4.69) is 38.5 Å². The molecule has 2 aromatic carbocycles. The van der Waals surface area contributed by atoms with Crippen LogP contribution in [0.4, 0.5) is 10.1 Å². The van der Waals surface area contributed by atoms with Gasteiger partial charge in [-0.15, -0.1) is 0 Å². The SMILES string of the molecule is CCCCCCC[C@@]1(O)C(=O)OCc2c1cc1n(c2=O)Cc2cc3cc(NC(=O)CNC(=O)[C@H](Cc4ccccc4)NC(=O)CNC(=O)CNC(=O)CCCC(=O)C(C)CCC)c(F)cc3nc2-1. The number of anilines is 1. The fraction of sp³-hybridized carbons (Fsp3) is 0.460. The molecule has 2 aromatic heterocycles. The van der Waals surface area contributed by atoms with Crippen LogP contribution in [0, 0.1) is 11.7 Å². The van der Waals surface area contributed by atoms with Gasteiger partial charge in [-0.1, -0.05) is 83.2 Å². The lowest BCUT2D eigenvalue weighted by atomic mass is 9.83. The molecule has 0 aliphatic carbocycles. The Bertz CT molecular complexity index is 2620. The van der Waals surface area contributed by atoms with Crippen LogP contribution in [0.25, 0.3) is 22.3 Å². The number of ketones is 1. The fourth-order valence-corrected chi connectivity index (χ4v) is 8.55. The van der Waals surface area contributed by atoms with Crippen LogP contribution in [-0.2, 0) is 63.5 Å². The van der Waals surface area contributed by atoms with Crippen molar-refractivity contribution in [2.75, 3.05) is 25.0 Å². The molecule has 1 unspecified atom stereocenters. The molecule has 0 saturated carbocycles. The number of fused-ring (bicyclic) bond motifs is 5. The molecule has 5 amide bonds. The second-order valence-corrected chi connectivity index (χ2v) is 17.6. The van der Waals surface area contributed by atoms with Crippen LogP contribution in [0.1, 0.15) is 114 Å². The van der Waals surface area contributed by atoms with E-state index in [0.29, 0.717) is 40.7 Å². The zero-order valence-electron chi connectivity index (χ0n) is 38.8. The number of cyclic esters (lactones) is 1. The van der Waals surface area contributed by atoms with Crippen LogP contribution in [0.15, 0.2) is 59.4 Å². The summed E-state index contributed by atoms with van der Waals surface area (Å²) in [5.74, 6) is -4.88. The van der Waals surface area contributed by atoms with Crippen molar-refractivity contribution < 1.29 is 47.8 Å². The first-order chi connectivity index (χ1) is 32.6. The topological polar surface area (TPSA) is 244 Å². The number of hydrogen-bond donors (Lipinski definition) is 6. The molecule has 17 nitrogen and oxygen atoms in total. The molecule has 0 saturated heterocycles. The predicted octanol–water partition coefficient (Wildman–Crippen LogP) is 4.36. The van der Waals surface area contributed by atoms with Crippen LogP contribution in [-0.4, -0.2) is 81.6 Å². The lowest BCUT2D eigenvalue weighted by molar-refractivity contribution is -0.173. The highest BCUT2D eigenvalue weighted by Gasteiger charge is 2.46. The number of pyridine rings is 2. The van der Waals surface area contributed by atoms with Crippen molar-refractivity contribution in [3.05, 3.63) is 93.0 Å². The minimum atomic E-state index is -2.00. The summed E-state index contributed by atoms with van der Waals surface area (Å²) in [7, 11) is 0. The number of nitrogens with one attached hydrogen (secondary N) is 5. The Morgan fingerprint density at radius 2 is 1.56 bits per heavy atom. The van der Waals surface area contributed by atoms with Gasteiger partial charge in [-0.25, -0.2) is 14.2 Å². The summed E-state index contributed by atoms with van der Waals surface area (Å²) in [6.07, 6.45) is 6.87. The number of ether oxygens (including phenoxy) is 1. The van der Waals surface area contributed by atoms with E-state index < -0.39 is 78.2 Å². The number of benzene rings is 2. The molecule has 2 aliphatic heterocycles. The van der Waals surface area contributed by atoms with Gasteiger partial charge in [0.1, 0.15) is 24.2 Å². The molecule has 0 bridgehead atoms. The largest absolute Gasteiger partial charge is 0.458 e.